The molecule has 1 saturated heterocycles. The Kier molecular flexibility index (Phi) is 5.67. The van der Waals surface area contributed by atoms with Crippen molar-refractivity contribution in [3.63, 3.8) is 0 Å². The zero-order valence-electron chi connectivity index (χ0n) is 13.7. The summed E-state index contributed by atoms with van der Waals surface area (Å²) in [6.45, 7) is 13.4. The minimum absolute atomic E-state index is 0.380. The van der Waals surface area contributed by atoms with Crippen LogP contribution in [0, 0.1) is 11.3 Å². The Morgan fingerprint density at radius 3 is 2.81 bits per heavy atom. The molecule has 0 aliphatic carbocycles. The zero-order valence-corrected chi connectivity index (χ0v) is 15.3. The normalized spacial score (nSPS) is 19.3. The molecule has 1 unspecified atom stereocenters. The number of aromatic nitrogens is 1. The maximum atomic E-state index is 4.69. The Hall–Kier alpha value is -0.610. The third-order valence-corrected chi connectivity index (χ3v) is 4.80. The monoisotopic (exact) mass is 353 g/mol. The molecule has 21 heavy (non-hydrogen) atoms. The predicted octanol–water partition coefficient (Wildman–Crippen LogP) is 4.22. The summed E-state index contributed by atoms with van der Waals surface area (Å²) in [5.41, 5.74) is 1.68. The maximum absolute atomic E-state index is 4.69. The van der Waals surface area contributed by atoms with Crippen LogP contribution in [-0.4, -0.2) is 24.6 Å². The molecule has 3 nitrogen and oxygen atoms in total. The lowest BCUT2D eigenvalue weighted by Crippen LogP contribution is -2.27. The van der Waals surface area contributed by atoms with E-state index in [0.29, 0.717) is 5.41 Å². The second kappa shape index (κ2) is 7.10. The fourth-order valence-electron chi connectivity index (χ4n) is 2.95. The molecule has 0 bridgehead atoms. The van der Waals surface area contributed by atoms with Gasteiger partial charge in [-0.3, -0.25) is 0 Å². The van der Waals surface area contributed by atoms with Crippen molar-refractivity contribution in [1.82, 2.24) is 10.3 Å². The van der Waals surface area contributed by atoms with Crippen molar-refractivity contribution >= 4 is 21.7 Å². The summed E-state index contributed by atoms with van der Waals surface area (Å²) in [5.74, 6) is 1.91. The second-order valence-electron chi connectivity index (χ2n) is 7.11. The summed E-state index contributed by atoms with van der Waals surface area (Å²) < 4.78 is 1.06. The van der Waals surface area contributed by atoms with Crippen molar-refractivity contribution in [3.8, 4) is 0 Å². The van der Waals surface area contributed by atoms with Crippen molar-refractivity contribution in [2.45, 2.75) is 47.1 Å². The standard InChI is InChI=1S/C17H28BrN3/c1-5-7-19-10-13-9-15(18)11-20-16(13)21-8-6-14(12-21)17(2,3)4/h9,11,14,19H,5-8,10,12H2,1-4H3. The third kappa shape index (κ3) is 4.43. The van der Waals surface area contributed by atoms with Gasteiger partial charge in [0.15, 0.2) is 0 Å². The van der Waals surface area contributed by atoms with Crippen LogP contribution in [0.15, 0.2) is 16.7 Å². The summed E-state index contributed by atoms with van der Waals surface area (Å²) in [4.78, 5) is 7.16. The Labute approximate surface area is 137 Å². The molecule has 1 atom stereocenters. The van der Waals surface area contributed by atoms with Gasteiger partial charge in [0, 0.05) is 35.9 Å². The first-order valence-electron chi connectivity index (χ1n) is 8.02. The topological polar surface area (TPSA) is 28.2 Å². The van der Waals surface area contributed by atoms with Crippen molar-refractivity contribution < 1.29 is 0 Å². The molecule has 2 rings (SSSR count). The Balaban J connectivity index is 2.12. The molecule has 0 radical (unpaired) electrons. The SMILES string of the molecule is CCCNCc1cc(Br)cnc1N1CCC(C(C)(C)C)C1. The van der Waals surface area contributed by atoms with Crippen molar-refractivity contribution in [1.29, 1.82) is 0 Å². The van der Waals surface area contributed by atoms with Gasteiger partial charge in [-0.05, 0) is 52.7 Å². The van der Waals surface area contributed by atoms with E-state index in [1.54, 1.807) is 0 Å². The van der Waals surface area contributed by atoms with Gasteiger partial charge in [-0.15, -0.1) is 0 Å². The van der Waals surface area contributed by atoms with E-state index < -0.39 is 0 Å². The predicted molar refractivity (Wildman–Crippen MR) is 93.7 cm³/mol. The van der Waals surface area contributed by atoms with E-state index in [1.807, 2.05) is 6.20 Å². The van der Waals surface area contributed by atoms with Crippen LogP contribution < -0.4 is 10.2 Å². The molecule has 2 heterocycles. The lowest BCUT2D eigenvalue weighted by atomic mass is 9.80. The number of pyridine rings is 1. The molecule has 4 heteroatoms. The highest BCUT2D eigenvalue weighted by Crippen LogP contribution is 2.36. The van der Waals surface area contributed by atoms with E-state index in [-0.39, 0.29) is 0 Å². The summed E-state index contributed by atoms with van der Waals surface area (Å²) in [6, 6.07) is 2.20. The average Bonchev–Trinajstić information content (AvgIpc) is 2.88. The van der Waals surface area contributed by atoms with Crippen LogP contribution >= 0.6 is 15.9 Å². The summed E-state index contributed by atoms with van der Waals surface area (Å²) in [5, 5.41) is 3.50. The number of nitrogens with zero attached hydrogens (tertiary/aromatic N) is 2. The van der Waals surface area contributed by atoms with Crippen LogP contribution in [0.25, 0.3) is 0 Å². The molecule has 0 amide bonds. The zero-order chi connectivity index (χ0) is 15.5. The molecular weight excluding hydrogens is 326 g/mol. The summed E-state index contributed by atoms with van der Waals surface area (Å²) in [6.07, 6.45) is 4.35. The van der Waals surface area contributed by atoms with Gasteiger partial charge in [-0.1, -0.05) is 27.7 Å². The van der Waals surface area contributed by atoms with Gasteiger partial charge in [-0.2, -0.15) is 0 Å². The minimum Gasteiger partial charge on any atom is -0.356 e. The van der Waals surface area contributed by atoms with Gasteiger partial charge in [-0.25, -0.2) is 4.98 Å². The lowest BCUT2D eigenvalue weighted by molar-refractivity contribution is 0.263. The Morgan fingerprint density at radius 2 is 2.19 bits per heavy atom. The maximum Gasteiger partial charge on any atom is 0.133 e. The fourth-order valence-corrected chi connectivity index (χ4v) is 3.33. The minimum atomic E-state index is 0.380. The van der Waals surface area contributed by atoms with E-state index in [4.69, 9.17) is 4.98 Å². The van der Waals surface area contributed by atoms with Crippen LogP contribution in [0.3, 0.4) is 0 Å². The van der Waals surface area contributed by atoms with E-state index in [1.165, 1.54) is 12.0 Å². The third-order valence-electron chi connectivity index (χ3n) is 4.36. The second-order valence-corrected chi connectivity index (χ2v) is 8.03. The van der Waals surface area contributed by atoms with E-state index in [9.17, 15) is 0 Å². The molecular formula is C17H28BrN3. The summed E-state index contributed by atoms with van der Waals surface area (Å²) >= 11 is 3.55. The van der Waals surface area contributed by atoms with E-state index in [0.717, 1.165) is 48.8 Å². The van der Waals surface area contributed by atoms with Crippen LogP contribution in [-0.2, 0) is 6.54 Å². The number of rotatable bonds is 5. The van der Waals surface area contributed by atoms with Crippen LogP contribution in [0.2, 0.25) is 0 Å². The van der Waals surface area contributed by atoms with Gasteiger partial charge in [0.05, 0.1) is 0 Å². The first kappa shape index (κ1) is 16.8. The van der Waals surface area contributed by atoms with Gasteiger partial charge in [0.25, 0.3) is 0 Å². The van der Waals surface area contributed by atoms with Gasteiger partial charge < -0.3 is 10.2 Å². The molecule has 0 saturated carbocycles. The highest BCUT2D eigenvalue weighted by Gasteiger charge is 2.32. The van der Waals surface area contributed by atoms with Crippen LogP contribution in [0.1, 0.15) is 46.1 Å². The lowest BCUT2D eigenvalue weighted by Gasteiger charge is -2.28. The van der Waals surface area contributed by atoms with Gasteiger partial charge in [0.1, 0.15) is 5.82 Å². The molecule has 1 N–H and O–H groups in total. The highest BCUT2D eigenvalue weighted by molar-refractivity contribution is 9.10. The molecule has 1 aliphatic rings. The molecule has 118 valence electrons. The van der Waals surface area contributed by atoms with E-state index in [2.05, 4.69) is 59.9 Å². The number of anilines is 1. The largest absolute Gasteiger partial charge is 0.356 e. The summed E-state index contributed by atoms with van der Waals surface area (Å²) in [7, 11) is 0. The molecule has 0 aromatic carbocycles. The first-order chi connectivity index (χ1) is 9.91. The molecule has 1 aliphatic heterocycles. The molecule has 1 aromatic heterocycles. The highest BCUT2D eigenvalue weighted by atomic mass is 79.9. The van der Waals surface area contributed by atoms with Crippen molar-refractivity contribution in [3.05, 3.63) is 22.3 Å². The molecule has 1 fully saturated rings. The quantitative estimate of drug-likeness (QED) is 0.803. The number of hydrogen-bond acceptors (Lipinski definition) is 3. The Bertz CT molecular complexity index is 468. The van der Waals surface area contributed by atoms with E-state index >= 15 is 0 Å². The molecule has 0 spiro atoms. The number of hydrogen-bond donors (Lipinski definition) is 1. The number of halogens is 1. The van der Waals surface area contributed by atoms with Crippen LogP contribution in [0.4, 0.5) is 5.82 Å². The van der Waals surface area contributed by atoms with Gasteiger partial charge >= 0.3 is 0 Å². The van der Waals surface area contributed by atoms with Gasteiger partial charge in [0.2, 0.25) is 0 Å². The average molecular weight is 354 g/mol. The van der Waals surface area contributed by atoms with Crippen molar-refractivity contribution in [2.24, 2.45) is 11.3 Å². The molecule has 1 aromatic rings. The first-order valence-corrected chi connectivity index (χ1v) is 8.81. The van der Waals surface area contributed by atoms with Crippen molar-refractivity contribution in [2.75, 3.05) is 24.5 Å². The number of nitrogens with one attached hydrogen (secondary N) is 1. The Morgan fingerprint density at radius 1 is 1.43 bits per heavy atom. The fraction of sp³-hybridized carbons (Fsp3) is 0.706. The van der Waals surface area contributed by atoms with Crippen LogP contribution in [0.5, 0.6) is 0 Å². The smallest absolute Gasteiger partial charge is 0.133 e.